The van der Waals surface area contributed by atoms with Crippen LogP contribution in [0.1, 0.15) is 22.2 Å². The lowest BCUT2D eigenvalue weighted by atomic mass is 10.2. The molecule has 100 valence electrons. The SMILES string of the molecule is CCOC(=O)c1cc(C)c(-c2cc(F)cc(F)n2)s1. The first-order chi connectivity index (χ1) is 9.01. The van der Waals surface area contributed by atoms with Gasteiger partial charge in [-0.25, -0.2) is 14.2 Å². The van der Waals surface area contributed by atoms with Gasteiger partial charge in [-0.3, -0.25) is 0 Å². The Kier molecular flexibility index (Phi) is 3.90. The van der Waals surface area contributed by atoms with Gasteiger partial charge in [-0.15, -0.1) is 11.3 Å². The standard InChI is InChI=1S/C13H11F2NO2S/c1-3-18-13(17)10-4-7(2)12(19-10)9-5-8(14)6-11(15)16-9/h4-6H,3H2,1-2H3. The molecule has 2 aromatic heterocycles. The molecule has 19 heavy (non-hydrogen) atoms. The summed E-state index contributed by atoms with van der Waals surface area (Å²) in [6.45, 7) is 3.74. The maximum absolute atomic E-state index is 13.2. The van der Waals surface area contributed by atoms with E-state index in [9.17, 15) is 13.6 Å². The van der Waals surface area contributed by atoms with Crippen LogP contribution < -0.4 is 0 Å². The first-order valence-electron chi connectivity index (χ1n) is 5.62. The van der Waals surface area contributed by atoms with Crippen molar-refractivity contribution >= 4 is 17.3 Å². The lowest BCUT2D eigenvalue weighted by molar-refractivity contribution is 0.0532. The number of aryl methyl sites for hydroxylation is 1. The summed E-state index contributed by atoms with van der Waals surface area (Å²) < 4.78 is 31.1. The van der Waals surface area contributed by atoms with Gasteiger partial charge in [0.25, 0.3) is 0 Å². The Bertz CT molecular complexity index is 605. The van der Waals surface area contributed by atoms with Gasteiger partial charge in [-0.2, -0.15) is 4.39 Å². The second kappa shape index (κ2) is 5.44. The molecule has 2 rings (SSSR count). The van der Waals surface area contributed by atoms with E-state index in [2.05, 4.69) is 4.98 Å². The molecule has 0 aliphatic rings. The maximum Gasteiger partial charge on any atom is 0.348 e. The predicted octanol–water partition coefficient (Wildman–Crippen LogP) is 3.57. The van der Waals surface area contributed by atoms with Crippen LogP contribution >= 0.6 is 11.3 Å². The molecule has 2 aromatic rings. The number of pyridine rings is 1. The number of aromatic nitrogens is 1. The van der Waals surface area contributed by atoms with Gasteiger partial charge in [0.05, 0.1) is 17.2 Å². The van der Waals surface area contributed by atoms with Crippen molar-refractivity contribution in [3.8, 4) is 10.6 Å². The number of hydrogen-bond donors (Lipinski definition) is 0. The fraction of sp³-hybridized carbons (Fsp3) is 0.231. The van der Waals surface area contributed by atoms with Gasteiger partial charge >= 0.3 is 5.97 Å². The summed E-state index contributed by atoms with van der Waals surface area (Å²) in [5.74, 6) is -2.04. The molecule has 6 heteroatoms. The molecule has 0 N–H and O–H groups in total. The summed E-state index contributed by atoms with van der Waals surface area (Å²) in [6.07, 6.45) is 0. The topological polar surface area (TPSA) is 39.2 Å². The van der Waals surface area contributed by atoms with E-state index >= 15 is 0 Å². The van der Waals surface area contributed by atoms with E-state index in [1.807, 2.05) is 0 Å². The molecule has 0 bridgehead atoms. The molecule has 0 atom stereocenters. The molecule has 0 radical (unpaired) electrons. The minimum Gasteiger partial charge on any atom is -0.462 e. The highest BCUT2D eigenvalue weighted by molar-refractivity contribution is 7.17. The van der Waals surface area contributed by atoms with Crippen molar-refractivity contribution in [1.29, 1.82) is 0 Å². The van der Waals surface area contributed by atoms with Crippen molar-refractivity contribution in [3.63, 3.8) is 0 Å². The fourth-order valence-electron chi connectivity index (χ4n) is 1.62. The molecule has 0 amide bonds. The first-order valence-corrected chi connectivity index (χ1v) is 6.44. The third-order valence-electron chi connectivity index (χ3n) is 2.39. The highest BCUT2D eigenvalue weighted by Crippen LogP contribution is 2.32. The van der Waals surface area contributed by atoms with Crippen molar-refractivity contribution in [3.05, 3.63) is 40.4 Å². The monoisotopic (exact) mass is 283 g/mol. The average Bonchev–Trinajstić information content (AvgIpc) is 2.70. The maximum atomic E-state index is 13.2. The molecule has 0 saturated heterocycles. The molecule has 3 nitrogen and oxygen atoms in total. The minimum atomic E-state index is -0.888. The van der Waals surface area contributed by atoms with E-state index in [1.165, 1.54) is 0 Å². The third-order valence-corrected chi connectivity index (χ3v) is 3.63. The van der Waals surface area contributed by atoms with Gasteiger partial charge < -0.3 is 4.74 Å². The van der Waals surface area contributed by atoms with E-state index in [0.717, 1.165) is 23.0 Å². The van der Waals surface area contributed by atoms with Crippen LogP contribution in [-0.4, -0.2) is 17.6 Å². The summed E-state index contributed by atoms with van der Waals surface area (Å²) >= 11 is 1.11. The second-order valence-corrected chi connectivity index (χ2v) is 4.89. The molecule has 2 heterocycles. The average molecular weight is 283 g/mol. The Balaban J connectivity index is 2.42. The van der Waals surface area contributed by atoms with Crippen LogP contribution in [-0.2, 0) is 4.74 Å². The zero-order valence-corrected chi connectivity index (χ0v) is 11.2. The summed E-state index contributed by atoms with van der Waals surface area (Å²) in [5, 5.41) is 0. The van der Waals surface area contributed by atoms with Crippen molar-refractivity contribution in [2.45, 2.75) is 13.8 Å². The smallest absolute Gasteiger partial charge is 0.348 e. The molecule has 0 fully saturated rings. The highest BCUT2D eigenvalue weighted by atomic mass is 32.1. The molecule has 0 aliphatic carbocycles. The zero-order chi connectivity index (χ0) is 14.0. The number of carbonyl (C=O) groups is 1. The van der Waals surface area contributed by atoms with Gasteiger partial charge in [0.2, 0.25) is 5.95 Å². The Morgan fingerprint density at radius 3 is 2.74 bits per heavy atom. The van der Waals surface area contributed by atoms with Crippen molar-refractivity contribution < 1.29 is 18.3 Å². The Morgan fingerprint density at radius 1 is 1.37 bits per heavy atom. The molecule has 0 saturated carbocycles. The fourth-order valence-corrected chi connectivity index (χ4v) is 2.65. The number of carbonyl (C=O) groups excluding carboxylic acids is 1. The zero-order valence-electron chi connectivity index (χ0n) is 10.4. The molecule has 0 spiro atoms. The van der Waals surface area contributed by atoms with Crippen molar-refractivity contribution in [1.82, 2.24) is 4.98 Å². The Labute approximate surface area is 112 Å². The summed E-state index contributed by atoms with van der Waals surface area (Å²) in [7, 11) is 0. The molecular formula is C13H11F2NO2S. The van der Waals surface area contributed by atoms with E-state index in [-0.39, 0.29) is 12.3 Å². The number of halogens is 2. The number of rotatable bonds is 3. The second-order valence-electron chi connectivity index (χ2n) is 3.84. The van der Waals surface area contributed by atoms with Crippen LogP contribution in [0.2, 0.25) is 0 Å². The van der Waals surface area contributed by atoms with Gasteiger partial charge in [-0.1, -0.05) is 0 Å². The van der Waals surface area contributed by atoms with Crippen LogP contribution in [0.3, 0.4) is 0 Å². The van der Waals surface area contributed by atoms with Crippen molar-refractivity contribution in [2.75, 3.05) is 6.61 Å². The number of hydrogen-bond acceptors (Lipinski definition) is 4. The molecular weight excluding hydrogens is 272 g/mol. The van der Waals surface area contributed by atoms with E-state index < -0.39 is 17.7 Å². The Morgan fingerprint density at radius 2 is 2.11 bits per heavy atom. The van der Waals surface area contributed by atoms with Crippen molar-refractivity contribution in [2.24, 2.45) is 0 Å². The number of esters is 1. The van der Waals surface area contributed by atoms with Crippen LogP contribution in [0, 0.1) is 18.7 Å². The summed E-state index contributed by atoms with van der Waals surface area (Å²) in [5.41, 5.74) is 0.904. The van der Waals surface area contributed by atoms with Gasteiger partial charge in [0.1, 0.15) is 10.7 Å². The van der Waals surface area contributed by atoms with Crippen LogP contribution in [0.5, 0.6) is 0 Å². The van der Waals surface area contributed by atoms with E-state index in [4.69, 9.17) is 4.74 Å². The van der Waals surface area contributed by atoms with Crippen LogP contribution in [0.4, 0.5) is 8.78 Å². The van der Waals surface area contributed by atoms with E-state index in [1.54, 1.807) is 19.9 Å². The first kappa shape index (κ1) is 13.6. The lowest BCUT2D eigenvalue weighted by Gasteiger charge is -1.99. The van der Waals surface area contributed by atoms with Gasteiger partial charge in [0, 0.05) is 12.1 Å². The predicted molar refractivity (Wildman–Crippen MR) is 68.2 cm³/mol. The summed E-state index contributed by atoms with van der Waals surface area (Å²) in [4.78, 5) is 16.2. The van der Waals surface area contributed by atoms with Crippen LogP contribution in [0.15, 0.2) is 18.2 Å². The molecule has 0 aromatic carbocycles. The summed E-state index contributed by atoms with van der Waals surface area (Å²) in [6, 6.07) is 3.47. The highest BCUT2D eigenvalue weighted by Gasteiger charge is 2.16. The third kappa shape index (κ3) is 2.96. The lowest BCUT2D eigenvalue weighted by Crippen LogP contribution is -2.01. The molecule has 0 aliphatic heterocycles. The van der Waals surface area contributed by atoms with Crippen LogP contribution in [0.25, 0.3) is 10.6 Å². The van der Waals surface area contributed by atoms with Gasteiger partial charge in [0.15, 0.2) is 0 Å². The quantitative estimate of drug-likeness (QED) is 0.638. The number of ether oxygens (including phenoxy) is 1. The Hall–Kier alpha value is -1.82. The number of thiophene rings is 1. The minimum absolute atomic E-state index is 0.176. The van der Waals surface area contributed by atoms with E-state index in [0.29, 0.717) is 15.8 Å². The number of nitrogens with zero attached hydrogens (tertiary/aromatic N) is 1. The normalized spacial score (nSPS) is 10.5. The largest absolute Gasteiger partial charge is 0.462 e. The molecule has 0 unspecified atom stereocenters. The van der Waals surface area contributed by atoms with Gasteiger partial charge in [-0.05, 0) is 25.5 Å².